The van der Waals surface area contributed by atoms with Crippen LogP contribution in [0.4, 0.5) is 9.59 Å². The Balaban J connectivity index is 1.66. The van der Waals surface area contributed by atoms with E-state index in [0.29, 0.717) is 10.6 Å². The first-order chi connectivity index (χ1) is 13.2. The second-order valence-electron chi connectivity index (χ2n) is 7.07. The molecule has 1 aliphatic carbocycles. The number of halogens is 2. The largest absolute Gasteiger partial charge is 0.335 e. The molecule has 0 bridgehead atoms. The van der Waals surface area contributed by atoms with E-state index < -0.39 is 36.0 Å². The SMILES string of the molecule is C[C@@]1(c2ccc(Cl)cc2Cl)NC(=O)N(CC(=O)NC(=O)NC2CCCC2)C1=O. The quantitative estimate of drug-likeness (QED) is 0.642. The number of amides is 6. The van der Waals surface area contributed by atoms with Crippen LogP contribution in [0.5, 0.6) is 0 Å². The van der Waals surface area contributed by atoms with Crippen LogP contribution in [0.15, 0.2) is 18.2 Å². The Morgan fingerprint density at radius 2 is 1.93 bits per heavy atom. The van der Waals surface area contributed by atoms with Crippen LogP contribution in [0.2, 0.25) is 10.0 Å². The highest BCUT2D eigenvalue weighted by Crippen LogP contribution is 2.34. The first-order valence-corrected chi connectivity index (χ1v) is 9.66. The minimum atomic E-state index is -1.44. The standard InChI is InChI=1S/C18H20Cl2N4O4/c1-18(12-7-6-10(19)8-13(12)20)15(26)24(17(28)23-18)9-14(25)22-16(27)21-11-4-2-3-5-11/h6-8,11H,2-5,9H2,1H3,(H,23,28)(H2,21,22,25,27)/t18-/m0/s1. The van der Waals surface area contributed by atoms with Crippen LogP contribution in [0, 0.1) is 0 Å². The Kier molecular flexibility index (Phi) is 5.81. The molecule has 1 aliphatic heterocycles. The molecule has 1 aromatic carbocycles. The fourth-order valence-corrected chi connectivity index (χ4v) is 4.12. The summed E-state index contributed by atoms with van der Waals surface area (Å²) in [6, 6.07) is 3.22. The lowest BCUT2D eigenvalue weighted by Gasteiger charge is -2.23. The minimum absolute atomic E-state index is 0.0415. The highest BCUT2D eigenvalue weighted by atomic mass is 35.5. The number of benzene rings is 1. The van der Waals surface area contributed by atoms with E-state index in [1.165, 1.54) is 13.0 Å². The molecule has 0 aromatic heterocycles. The third-order valence-corrected chi connectivity index (χ3v) is 5.54. The van der Waals surface area contributed by atoms with E-state index in [4.69, 9.17) is 23.2 Å². The van der Waals surface area contributed by atoms with Crippen molar-refractivity contribution in [1.29, 1.82) is 0 Å². The van der Waals surface area contributed by atoms with Gasteiger partial charge in [-0.1, -0.05) is 42.1 Å². The van der Waals surface area contributed by atoms with E-state index in [1.54, 1.807) is 12.1 Å². The van der Waals surface area contributed by atoms with Crippen molar-refractivity contribution < 1.29 is 19.2 Å². The van der Waals surface area contributed by atoms with Crippen LogP contribution in [0.1, 0.15) is 38.2 Å². The molecular formula is C18H20Cl2N4O4. The van der Waals surface area contributed by atoms with Gasteiger partial charge in [0.25, 0.3) is 5.91 Å². The number of hydrogen-bond acceptors (Lipinski definition) is 4. The maximum absolute atomic E-state index is 12.8. The molecule has 1 heterocycles. The van der Waals surface area contributed by atoms with Crippen LogP contribution in [-0.4, -0.2) is 41.4 Å². The summed E-state index contributed by atoms with van der Waals surface area (Å²) in [5.74, 6) is -1.40. The Morgan fingerprint density at radius 3 is 2.57 bits per heavy atom. The van der Waals surface area contributed by atoms with Crippen molar-refractivity contribution in [1.82, 2.24) is 20.9 Å². The maximum atomic E-state index is 12.8. The van der Waals surface area contributed by atoms with Crippen LogP contribution < -0.4 is 16.0 Å². The minimum Gasteiger partial charge on any atom is -0.335 e. The van der Waals surface area contributed by atoms with Gasteiger partial charge in [0.1, 0.15) is 12.1 Å². The monoisotopic (exact) mass is 426 g/mol. The summed E-state index contributed by atoms with van der Waals surface area (Å²) in [5.41, 5.74) is -1.08. The number of carbonyl (C=O) groups excluding carboxylic acids is 4. The van der Waals surface area contributed by atoms with Gasteiger partial charge < -0.3 is 10.6 Å². The van der Waals surface area contributed by atoms with Crippen molar-refractivity contribution in [3.05, 3.63) is 33.8 Å². The van der Waals surface area contributed by atoms with E-state index >= 15 is 0 Å². The third-order valence-electron chi connectivity index (χ3n) is 4.99. The van der Waals surface area contributed by atoms with Gasteiger partial charge in [0.2, 0.25) is 5.91 Å². The normalized spacial score (nSPS) is 22.3. The van der Waals surface area contributed by atoms with Gasteiger partial charge in [-0.3, -0.25) is 19.8 Å². The van der Waals surface area contributed by atoms with Crippen LogP contribution in [0.3, 0.4) is 0 Å². The molecule has 1 saturated heterocycles. The first-order valence-electron chi connectivity index (χ1n) is 8.90. The zero-order chi connectivity index (χ0) is 20.5. The zero-order valence-corrected chi connectivity index (χ0v) is 16.7. The average Bonchev–Trinajstić information content (AvgIpc) is 3.17. The van der Waals surface area contributed by atoms with Gasteiger partial charge in [0.05, 0.1) is 0 Å². The fraction of sp³-hybridized carbons (Fsp3) is 0.444. The lowest BCUT2D eigenvalue weighted by atomic mass is 9.92. The van der Waals surface area contributed by atoms with Crippen molar-refractivity contribution in [2.75, 3.05) is 6.54 Å². The van der Waals surface area contributed by atoms with E-state index in [0.717, 1.165) is 30.6 Å². The fourth-order valence-electron chi connectivity index (χ4n) is 3.52. The van der Waals surface area contributed by atoms with Crippen molar-refractivity contribution in [3.63, 3.8) is 0 Å². The number of hydrogen-bond donors (Lipinski definition) is 3. The molecule has 6 amide bonds. The van der Waals surface area contributed by atoms with E-state index in [-0.39, 0.29) is 11.1 Å². The molecular weight excluding hydrogens is 407 g/mol. The molecule has 150 valence electrons. The van der Waals surface area contributed by atoms with Crippen LogP contribution in [-0.2, 0) is 15.1 Å². The number of carbonyl (C=O) groups is 4. The topological polar surface area (TPSA) is 108 Å². The van der Waals surface area contributed by atoms with Gasteiger partial charge >= 0.3 is 12.1 Å². The molecule has 3 rings (SSSR count). The van der Waals surface area contributed by atoms with E-state index in [2.05, 4.69) is 16.0 Å². The van der Waals surface area contributed by atoms with Gasteiger partial charge in [-0.2, -0.15) is 0 Å². The summed E-state index contributed by atoms with van der Waals surface area (Å²) in [5, 5.41) is 8.02. The molecule has 1 aromatic rings. The molecule has 28 heavy (non-hydrogen) atoms. The maximum Gasteiger partial charge on any atom is 0.325 e. The predicted molar refractivity (Wildman–Crippen MR) is 103 cm³/mol. The highest BCUT2D eigenvalue weighted by molar-refractivity contribution is 6.35. The molecule has 0 unspecified atom stereocenters. The van der Waals surface area contributed by atoms with Gasteiger partial charge in [0, 0.05) is 21.7 Å². The molecule has 1 saturated carbocycles. The summed E-state index contributed by atoms with van der Waals surface area (Å²) in [4.78, 5) is 49.9. The molecule has 0 spiro atoms. The van der Waals surface area contributed by atoms with Crippen molar-refractivity contribution >= 4 is 47.1 Å². The van der Waals surface area contributed by atoms with Gasteiger partial charge in [-0.15, -0.1) is 0 Å². The highest BCUT2D eigenvalue weighted by Gasteiger charge is 2.50. The molecule has 1 atom stereocenters. The zero-order valence-electron chi connectivity index (χ0n) is 15.2. The van der Waals surface area contributed by atoms with Crippen molar-refractivity contribution in [2.24, 2.45) is 0 Å². The molecule has 2 aliphatic rings. The number of urea groups is 2. The molecule has 0 radical (unpaired) electrons. The van der Waals surface area contributed by atoms with Crippen LogP contribution >= 0.6 is 23.2 Å². The first kappa shape index (κ1) is 20.4. The number of nitrogens with zero attached hydrogens (tertiary/aromatic N) is 1. The number of nitrogens with one attached hydrogen (secondary N) is 3. The average molecular weight is 427 g/mol. The third kappa shape index (κ3) is 4.07. The van der Waals surface area contributed by atoms with Crippen molar-refractivity contribution in [3.8, 4) is 0 Å². The summed E-state index contributed by atoms with van der Waals surface area (Å²) >= 11 is 12.1. The lowest BCUT2D eigenvalue weighted by molar-refractivity contribution is -0.134. The van der Waals surface area contributed by atoms with E-state index in [1.807, 2.05) is 0 Å². The van der Waals surface area contributed by atoms with Gasteiger partial charge in [-0.05, 0) is 31.9 Å². The molecule has 10 heteroatoms. The van der Waals surface area contributed by atoms with Crippen LogP contribution in [0.25, 0.3) is 0 Å². The van der Waals surface area contributed by atoms with Gasteiger partial charge in [0.15, 0.2) is 0 Å². The predicted octanol–water partition coefficient (Wildman–Crippen LogP) is 2.53. The van der Waals surface area contributed by atoms with Crippen molar-refractivity contribution in [2.45, 2.75) is 44.2 Å². The molecule has 2 fully saturated rings. The summed E-state index contributed by atoms with van der Waals surface area (Å²) in [6.45, 7) is 0.913. The second kappa shape index (κ2) is 7.97. The Labute approximate surface area is 171 Å². The number of imide groups is 2. The Hall–Kier alpha value is -2.32. The van der Waals surface area contributed by atoms with Gasteiger partial charge in [-0.25, -0.2) is 9.59 Å². The number of rotatable bonds is 4. The Bertz CT molecular complexity index is 841. The van der Waals surface area contributed by atoms with E-state index in [9.17, 15) is 19.2 Å². The smallest absolute Gasteiger partial charge is 0.325 e. The summed E-state index contributed by atoms with van der Waals surface area (Å²) in [7, 11) is 0. The summed E-state index contributed by atoms with van der Waals surface area (Å²) < 4.78 is 0. The Morgan fingerprint density at radius 1 is 1.25 bits per heavy atom. The molecule has 8 nitrogen and oxygen atoms in total. The lowest BCUT2D eigenvalue weighted by Crippen LogP contribution is -2.48. The summed E-state index contributed by atoms with van der Waals surface area (Å²) in [6.07, 6.45) is 3.81. The second-order valence-corrected chi connectivity index (χ2v) is 7.92. The molecule has 3 N–H and O–H groups in total.